The van der Waals surface area contributed by atoms with Crippen LogP contribution in [0, 0.1) is 11.3 Å². The molecule has 2 N–H and O–H groups in total. The second-order valence-corrected chi connectivity index (χ2v) is 1.75. The van der Waals surface area contributed by atoms with Crippen molar-refractivity contribution in [2.75, 3.05) is 0 Å². The minimum atomic E-state index is -0.451. The van der Waals surface area contributed by atoms with Crippen molar-refractivity contribution >= 4 is 0 Å². The molecule has 0 aliphatic carbocycles. The van der Waals surface area contributed by atoms with E-state index in [-0.39, 0.29) is 6.42 Å². The van der Waals surface area contributed by atoms with E-state index in [0.29, 0.717) is 5.89 Å². The van der Waals surface area contributed by atoms with E-state index >= 15 is 0 Å². The van der Waals surface area contributed by atoms with Gasteiger partial charge >= 0.3 is 0 Å². The first-order chi connectivity index (χ1) is 4.84. The number of aromatic nitrogens is 2. The van der Waals surface area contributed by atoms with E-state index in [1.807, 2.05) is 6.07 Å². The van der Waals surface area contributed by atoms with E-state index < -0.39 is 6.04 Å². The molecule has 52 valence electrons. The number of rotatable bonds is 2. The lowest BCUT2D eigenvalue weighted by atomic mass is 10.2. The van der Waals surface area contributed by atoms with Gasteiger partial charge in [-0.15, -0.1) is 0 Å². The molecule has 1 aromatic rings. The maximum absolute atomic E-state index is 8.22. The lowest BCUT2D eigenvalue weighted by Crippen LogP contribution is -2.09. The normalized spacial score (nSPS) is 12.4. The minimum absolute atomic E-state index is 0.197. The number of nitriles is 1. The van der Waals surface area contributed by atoms with Gasteiger partial charge in [0.2, 0.25) is 5.89 Å². The predicted octanol–water partition coefficient (Wildman–Crippen LogP) is -0.0169. The Bertz CT molecular complexity index is 224. The molecule has 1 atom stereocenters. The maximum Gasteiger partial charge on any atom is 0.244 e. The average molecular weight is 138 g/mol. The molecule has 0 saturated carbocycles. The Morgan fingerprint density at radius 1 is 1.90 bits per heavy atom. The van der Waals surface area contributed by atoms with Crippen LogP contribution >= 0.6 is 0 Å². The largest absolute Gasteiger partial charge is 0.338 e. The van der Waals surface area contributed by atoms with Crippen LogP contribution in [0.2, 0.25) is 0 Å². The smallest absolute Gasteiger partial charge is 0.244 e. The monoisotopic (exact) mass is 138 g/mol. The zero-order valence-electron chi connectivity index (χ0n) is 5.19. The predicted molar refractivity (Wildman–Crippen MR) is 31.5 cm³/mol. The molecule has 10 heavy (non-hydrogen) atoms. The molecule has 0 radical (unpaired) electrons. The van der Waals surface area contributed by atoms with Gasteiger partial charge in [0.25, 0.3) is 0 Å². The Morgan fingerprint density at radius 3 is 3.20 bits per heavy atom. The molecule has 1 heterocycles. The van der Waals surface area contributed by atoms with Crippen LogP contribution in [0.15, 0.2) is 10.9 Å². The summed E-state index contributed by atoms with van der Waals surface area (Å²) in [6, 6.07) is 1.45. The minimum Gasteiger partial charge on any atom is -0.338 e. The summed E-state index contributed by atoms with van der Waals surface area (Å²) in [7, 11) is 0. The van der Waals surface area contributed by atoms with Crippen molar-refractivity contribution in [3.05, 3.63) is 12.2 Å². The van der Waals surface area contributed by atoms with Crippen molar-refractivity contribution in [3.8, 4) is 6.07 Å². The molecule has 0 aromatic carbocycles. The quantitative estimate of drug-likeness (QED) is 0.620. The van der Waals surface area contributed by atoms with Gasteiger partial charge in [-0.1, -0.05) is 5.16 Å². The van der Waals surface area contributed by atoms with Crippen LogP contribution in [-0.2, 0) is 0 Å². The highest BCUT2D eigenvalue weighted by Crippen LogP contribution is 2.07. The summed E-state index contributed by atoms with van der Waals surface area (Å²) in [4.78, 5) is 3.68. The van der Waals surface area contributed by atoms with Crippen LogP contribution in [0.25, 0.3) is 0 Å². The van der Waals surface area contributed by atoms with E-state index in [2.05, 4.69) is 14.7 Å². The topological polar surface area (TPSA) is 88.7 Å². The Kier molecular flexibility index (Phi) is 1.97. The average Bonchev–Trinajstić information content (AvgIpc) is 2.38. The molecule has 0 spiro atoms. The molecule has 1 aromatic heterocycles. The van der Waals surface area contributed by atoms with Crippen molar-refractivity contribution in [1.29, 1.82) is 5.26 Å². The summed E-state index contributed by atoms with van der Waals surface area (Å²) >= 11 is 0. The number of nitrogens with zero attached hydrogens (tertiary/aromatic N) is 3. The third kappa shape index (κ3) is 1.30. The summed E-state index contributed by atoms with van der Waals surface area (Å²) in [5, 5.41) is 11.6. The van der Waals surface area contributed by atoms with Gasteiger partial charge in [-0.25, -0.2) is 0 Å². The SMILES string of the molecule is N#CCC(N)c1ncno1. The molecule has 0 aliphatic rings. The maximum atomic E-state index is 8.22. The fraction of sp³-hybridized carbons (Fsp3) is 0.400. The van der Waals surface area contributed by atoms with Gasteiger partial charge in [-0.2, -0.15) is 10.2 Å². The standard InChI is InChI=1S/C5H6N4O/c6-2-1-4(7)5-8-3-9-10-5/h3-4H,1,7H2. The van der Waals surface area contributed by atoms with Crippen molar-refractivity contribution in [1.82, 2.24) is 10.1 Å². The Hall–Kier alpha value is -1.41. The molecule has 5 nitrogen and oxygen atoms in total. The highest BCUT2D eigenvalue weighted by atomic mass is 16.5. The van der Waals surface area contributed by atoms with E-state index in [1.54, 1.807) is 0 Å². The van der Waals surface area contributed by atoms with Gasteiger partial charge in [0.1, 0.15) is 0 Å². The number of hydrogen-bond acceptors (Lipinski definition) is 5. The van der Waals surface area contributed by atoms with Gasteiger partial charge in [-0.3, -0.25) is 0 Å². The number of nitrogens with two attached hydrogens (primary N) is 1. The first kappa shape index (κ1) is 6.71. The van der Waals surface area contributed by atoms with E-state index in [4.69, 9.17) is 11.0 Å². The van der Waals surface area contributed by atoms with Gasteiger partial charge in [-0.05, 0) is 0 Å². The molecular formula is C5H6N4O. The first-order valence-corrected chi connectivity index (χ1v) is 2.73. The molecule has 0 saturated heterocycles. The van der Waals surface area contributed by atoms with Gasteiger partial charge in [0.05, 0.1) is 18.5 Å². The highest BCUT2D eigenvalue weighted by Gasteiger charge is 2.09. The molecule has 5 heteroatoms. The molecule has 0 bridgehead atoms. The van der Waals surface area contributed by atoms with Crippen molar-refractivity contribution in [2.24, 2.45) is 5.73 Å². The fourth-order valence-electron chi connectivity index (χ4n) is 0.531. The van der Waals surface area contributed by atoms with Crippen molar-refractivity contribution < 1.29 is 4.52 Å². The zero-order valence-corrected chi connectivity index (χ0v) is 5.19. The molecule has 0 fully saturated rings. The van der Waals surface area contributed by atoms with Crippen LogP contribution in [0.1, 0.15) is 18.4 Å². The van der Waals surface area contributed by atoms with Gasteiger partial charge in [0, 0.05) is 0 Å². The summed E-state index contributed by atoms with van der Waals surface area (Å²) in [5.74, 6) is 0.307. The second kappa shape index (κ2) is 2.94. The van der Waals surface area contributed by atoms with Gasteiger partial charge < -0.3 is 10.3 Å². The second-order valence-electron chi connectivity index (χ2n) is 1.75. The van der Waals surface area contributed by atoms with Crippen molar-refractivity contribution in [3.63, 3.8) is 0 Å². The lowest BCUT2D eigenvalue weighted by Gasteiger charge is -1.96. The van der Waals surface area contributed by atoms with Crippen LogP contribution < -0.4 is 5.73 Å². The number of hydrogen-bond donors (Lipinski definition) is 1. The summed E-state index contributed by atoms with van der Waals surface area (Å²) < 4.78 is 4.61. The first-order valence-electron chi connectivity index (χ1n) is 2.73. The summed E-state index contributed by atoms with van der Waals surface area (Å²) in [5.41, 5.74) is 5.43. The summed E-state index contributed by atoms with van der Waals surface area (Å²) in [6.45, 7) is 0. The Labute approximate surface area is 57.4 Å². The lowest BCUT2D eigenvalue weighted by molar-refractivity contribution is 0.355. The molecule has 1 unspecified atom stereocenters. The van der Waals surface area contributed by atoms with Crippen molar-refractivity contribution in [2.45, 2.75) is 12.5 Å². The van der Waals surface area contributed by atoms with Gasteiger partial charge in [0.15, 0.2) is 6.33 Å². The molecule has 1 rings (SSSR count). The highest BCUT2D eigenvalue weighted by molar-refractivity contribution is 4.90. The van der Waals surface area contributed by atoms with E-state index in [9.17, 15) is 0 Å². The van der Waals surface area contributed by atoms with Crippen LogP contribution in [0.4, 0.5) is 0 Å². The third-order valence-electron chi connectivity index (χ3n) is 1.01. The molecule has 0 aliphatic heterocycles. The zero-order chi connectivity index (χ0) is 7.40. The van der Waals surface area contributed by atoms with Crippen LogP contribution in [0.5, 0.6) is 0 Å². The van der Waals surface area contributed by atoms with Crippen LogP contribution in [0.3, 0.4) is 0 Å². The fourth-order valence-corrected chi connectivity index (χ4v) is 0.531. The third-order valence-corrected chi connectivity index (χ3v) is 1.01. The van der Waals surface area contributed by atoms with E-state index in [0.717, 1.165) is 0 Å². The summed E-state index contributed by atoms with van der Waals surface area (Å²) in [6.07, 6.45) is 1.45. The Morgan fingerprint density at radius 2 is 2.70 bits per heavy atom. The molecular weight excluding hydrogens is 132 g/mol. The van der Waals surface area contributed by atoms with E-state index in [1.165, 1.54) is 6.33 Å². The Balaban J connectivity index is 2.61. The van der Waals surface area contributed by atoms with Crippen LogP contribution in [-0.4, -0.2) is 10.1 Å². The molecule has 0 amide bonds.